The van der Waals surface area contributed by atoms with Gasteiger partial charge >= 0.3 is 0 Å². The van der Waals surface area contributed by atoms with Gasteiger partial charge in [0, 0.05) is 21.0 Å². The lowest BCUT2D eigenvalue weighted by Crippen LogP contribution is -2.09. The lowest BCUT2D eigenvalue weighted by molar-refractivity contribution is 0.609. The van der Waals surface area contributed by atoms with E-state index in [1.165, 1.54) is 43.4 Å². The summed E-state index contributed by atoms with van der Waals surface area (Å²) in [4.78, 5) is 6.91. The fourth-order valence-corrected chi connectivity index (χ4v) is 4.78. The number of anilines is 1. The first kappa shape index (κ1) is 19.5. The van der Waals surface area contributed by atoms with Crippen LogP contribution in [0.25, 0.3) is 0 Å². The number of halogens is 1. The van der Waals surface area contributed by atoms with Gasteiger partial charge in [0.2, 0.25) is 0 Å². The number of benzene rings is 1. The molecule has 0 radical (unpaired) electrons. The molecule has 26 heavy (non-hydrogen) atoms. The molecule has 2 aromatic rings. The first-order valence-corrected chi connectivity index (χ1v) is 11.0. The van der Waals surface area contributed by atoms with Crippen molar-refractivity contribution in [3.8, 4) is 0 Å². The van der Waals surface area contributed by atoms with Crippen LogP contribution in [-0.2, 0) is 6.42 Å². The molecule has 0 aliphatic carbocycles. The van der Waals surface area contributed by atoms with Crippen LogP contribution in [0.2, 0.25) is 5.02 Å². The second-order valence-corrected chi connectivity index (χ2v) is 8.70. The average Bonchev–Trinajstić information content (AvgIpc) is 2.95. The van der Waals surface area contributed by atoms with Crippen LogP contribution in [0.3, 0.4) is 0 Å². The number of thiophene rings is 1. The van der Waals surface area contributed by atoms with E-state index in [1.54, 1.807) is 11.3 Å². The van der Waals surface area contributed by atoms with E-state index >= 15 is 0 Å². The van der Waals surface area contributed by atoms with E-state index in [2.05, 4.69) is 18.3 Å². The number of nitrogens with one attached hydrogen (secondary N) is 1. The Kier molecular flexibility index (Phi) is 7.23. The van der Waals surface area contributed by atoms with Crippen molar-refractivity contribution in [3.63, 3.8) is 0 Å². The maximum absolute atomic E-state index is 6.43. The van der Waals surface area contributed by atoms with Crippen LogP contribution < -0.4 is 5.32 Å². The maximum Gasteiger partial charge on any atom is 0.103 e. The highest BCUT2D eigenvalue weighted by molar-refractivity contribution is 7.80. The number of aliphatic imine (C=N–C) groups is 1. The average molecular weight is 405 g/mol. The predicted molar refractivity (Wildman–Crippen MR) is 120 cm³/mol. The van der Waals surface area contributed by atoms with Crippen LogP contribution in [-0.4, -0.2) is 17.2 Å². The highest BCUT2D eigenvalue weighted by atomic mass is 35.5. The molecule has 0 saturated carbocycles. The standard InChI is InChI=1S/C21H25ClN2S2/c1-2-3-4-5-6-7-10-15-13-17-20(16-11-8-9-12-18(16)22)23-14-19(25)24-21(17)26-15/h8-9,11-13H,2-7,10,14H2,1H3,(H,24,25). The largest absolute Gasteiger partial charge is 0.340 e. The molecule has 1 N–H and O–H groups in total. The zero-order chi connectivity index (χ0) is 18.4. The number of hydrogen-bond acceptors (Lipinski definition) is 3. The van der Waals surface area contributed by atoms with E-state index in [9.17, 15) is 0 Å². The molecular formula is C21H25ClN2S2. The summed E-state index contributed by atoms with van der Waals surface area (Å²) in [5.41, 5.74) is 3.05. The van der Waals surface area contributed by atoms with Crippen molar-refractivity contribution in [1.82, 2.24) is 0 Å². The molecule has 0 spiro atoms. The van der Waals surface area contributed by atoms with Crippen molar-refractivity contribution < 1.29 is 0 Å². The maximum atomic E-state index is 6.43. The smallest absolute Gasteiger partial charge is 0.103 e. The fourth-order valence-electron chi connectivity index (χ4n) is 3.20. The van der Waals surface area contributed by atoms with Gasteiger partial charge in [-0.15, -0.1) is 11.3 Å². The van der Waals surface area contributed by atoms with Gasteiger partial charge in [0.05, 0.1) is 12.3 Å². The molecular weight excluding hydrogens is 380 g/mol. The fraction of sp³-hybridized carbons (Fsp3) is 0.429. The van der Waals surface area contributed by atoms with Crippen LogP contribution in [0.5, 0.6) is 0 Å². The third-order valence-electron chi connectivity index (χ3n) is 4.58. The highest BCUT2D eigenvalue weighted by Gasteiger charge is 2.21. The molecule has 0 bridgehead atoms. The summed E-state index contributed by atoms with van der Waals surface area (Å²) in [6, 6.07) is 10.2. The highest BCUT2D eigenvalue weighted by Crippen LogP contribution is 2.34. The first-order valence-electron chi connectivity index (χ1n) is 9.41. The quantitative estimate of drug-likeness (QED) is 0.382. The summed E-state index contributed by atoms with van der Waals surface area (Å²) in [6.07, 6.45) is 9.02. The Bertz CT molecular complexity index is 795. The van der Waals surface area contributed by atoms with Gasteiger partial charge in [-0.3, -0.25) is 4.99 Å². The van der Waals surface area contributed by atoms with E-state index in [4.69, 9.17) is 28.8 Å². The summed E-state index contributed by atoms with van der Waals surface area (Å²) >= 11 is 13.7. The number of unbranched alkanes of at least 4 members (excludes halogenated alkanes) is 5. The Morgan fingerprint density at radius 1 is 1.12 bits per heavy atom. The molecule has 0 unspecified atom stereocenters. The summed E-state index contributed by atoms with van der Waals surface area (Å²) in [7, 11) is 0. The molecule has 1 aliphatic rings. The van der Waals surface area contributed by atoms with Gasteiger partial charge in [-0.25, -0.2) is 0 Å². The summed E-state index contributed by atoms with van der Waals surface area (Å²) in [5.74, 6) is 0. The molecule has 138 valence electrons. The monoisotopic (exact) mass is 404 g/mol. The van der Waals surface area contributed by atoms with Crippen molar-refractivity contribution in [2.24, 2.45) is 4.99 Å². The van der Waals surface area contributed by atoms with Crippen LogP contribution >= 0.6 is 35.2 Å². The van der Waals surface area contributed by atoms with Crippen molar-refractivity contribution in [3.05, 3.63) is 51.4 Å². The summed E-state index contributed by atoms with van der Waals surface area (Å²) in [6.45, 7) is 2.76. The van der Waals surface area contributed by atoms with Crippen LogP contribution in [0.1, 0.15) is 61.5 Å². The Morgan fingerprint density at radius 2 is 1.88 bits per heavy atom. The van der Waals surface area contributed by atoms with Gasteiger partial charge < -0.3 is 5.32 Å². The lowest BCUT2D eigenvalue weighted by atomic mass is 10.0. The number of aryl methyl sites for hydroxylation is 1. The van der Waals surface area contributed by atoms with Crippen LogP contribution in [0.15, 0.2) is 35.3 Å². The minimum atomic E-state index is 0.504. The number of hydrogen-bond donors (Lipinski definition) is 1. The Labute approximate surface area is 170 Å². The molecule has 1 aromatic carbocycles. The Balaban J connectivity index is 1.76. The van der Waals surface area contributed by atoms with Gasteiger partial charge in [0.25, 0.3) is 0 Å². The van der Waals surface area contributed by atoms with Gasteiger partial charge in [-0.2, -0.15) is 0 Å². The molecule has 1 aromatic heterocycles. The first-order chi connectivity index (χ1) is 12.7. The minimum Gasteiger partial charge on any atom is -0.340 e. The summed E-state index contributed by atoms with van der Waals surface area (Å²) in [5, 5.41) is 5.21. The van der Waals surface area contributed by atoms with E-state index in [0.29, 0.717) is 6.54 Å². The molecule has 1 aliphatic heterocycles. The number of nitrogens with zero attached hydrogens (tertiary/aromatic N) is 1. The van der Waals surface area contributed by atoms with E-state index in [1.807, 2.05) is 24.3 Å². The van der Waals surface area contributed by atoms with Crippen molar-refractivity contribution in [2.75, 3.05) is 11.9 Å². The van der Waals surface area contributed by atoms with Gasteiger partial charge in [0.15, 0.2) is 0 Å². The Morgan fingerprint density at radius 3 is 2.69 bits per heavy atom. The molecule has 2 nitrogen and oxygen atoms in total. The van der Waals surface area contributed by atoms with Crippen molar-refractivity contribution in [1.29, 1.82) is 0 Å². The van der Waals surface area contributed by atoms with Gasteiger partial charge in [-0.1, -0.05) is 81.0 Å². The van der Waals surface area contributed by atoms with Gasteiger partial charge in [-0.05, 0) is 25.0 Å². The lowest BCUT2D eigenvalue weighted by Gasteiger charge is -2.07. The zero-order valence-corrected chi connectivity index (χ0v) is 17.6. The van der Waals surface area contributed by atoms with Gasteiger partial charge in [0.1, 0.15) is 9.99 Å². The normalized spacial score (nSPS) is 13.8. The van der Waals surface area contributed by atoms with Crippen molar-refractivity contribution >= 4 is 50.9 Å². The molecule has 0 amide bonds. The third-order valence-corrected chi connectivity index (χ3v) is 6.25. The zero-order valence-electron chi connectivity index (χ0n) is 15.2. The number of thiocarbonyl (C=S) groups is 1. The van der Waals surface area contributed by atoms with Crippen LogP contribution in [0, 0.1) is 0 Å². The molecule has 0 atom stereocenters. The minimum absolute atomic E-state index is 0.504. The van der Waals surface area contributed by atoms with Crippen molar-refractivity contribution in [2.45, 2.75) is 51.9 Å². The SMILES string of the molecule is CCCCCCCCc1cc2c(s1)NC(=S)CN=C2c1ccccc1Cl. The topological polar surface area (TPSA) is 24.4 Å². The second kappa shape index (κ2) is 9.63. The molecule has 2 heterocycles. The number of rotatable bonds is 8. The molecule has 3 rings (SSSR count). The third kappa shape index (κ3) is 4.93. The van der Waals surface area contributed by atoms with Crippen LogP contribution in [0.4, 0.5) is 5.00 Å². The summed E-state index contributed by atoms with van der Waals surface area (Å²) < 4.78 is 0. The van der Waals surface area contributed by atoms with E-state index in [0.717, 1.165) is 38.3 Å². The number of fused-ring (bicyclic) bond motifs is 1. The van der Waals surface area contributed by atoms with E-state index < -0.39 is 0 Å². The molecule has 0 fully saturated rings. The Hall–Kier alpha value is -1.23. The molecule has 0 saturated heterocycles. The van der Waals surface area contributed by atoms with E-state index in [-0.39, 0.29) is 0 Å². The molecule has 5 heteroatoms. The second-order valence-electron chi connectivity index (χ2n) is 6.67. The predicted octanol–water partition coefficient (Wildman–Crippen LogP) is 6.89.